The maximum Gasteiger partial charge on any atom is 0.280 e. The molecule has 1 amide bonds. The van der Waals surface area contributed by atoms with Crippen LogP contribution in [0.15, 0.2) is 29.1 Å². The van der Waals surface area contributed by atoms with E-state index in [1.54, 1.807) is 18.2 Å². The number of fused-ring (bicyclic) bond motifs is 2. The van der Waals surface area contributed by atoms with Crippen LogP contribution in [0.25, 0.3) is 21.1 Å². The molecule has 3 heterocycles. The molecule has 0 aliphatic heterocycles. The summed E-state index contributed by atoms with van der Waals surface area (Å²) in [6.07, 6.45) is 0. The summed E-state index contributed by atoms with van der Waals surface area (Å²) < 4.78 is 1.49. The van der Waals surface area contributed by atoms with E-state index in [0.29, 0.717) is 28.1 Å². The molecule has 4 rings (SSSR count). The summed E-state index contributed by atoms with van der Waals surface area (Å²) in [6, 6.07) is 7.13. The lowest BCUT2D eigenvalue weighted by atomic mass is 10.1. The largest absolute Gasteiger partial charge is 0.280 e. The van der Waals surface area contributed by atoms with Gasteiger partial charge in [0.1, 0.15) is 10.7 Å². The first-order valence-corrected chi connectivity index (χ1v) is 10.0. The highest BCUT2D eigenvalue weighted by Crippen LogP contribution is 2.31. The number of amides is 1. The van der Waals surface area contributed by atoms with E-state index >= 15 is 0 Å². The molecule has 2 N–H and O–H groups in total. The van der Waals surface area contributed by atoms with Crippen LogP contribution in [0.3, 0.4) is 0 Å². The van der Waals surface area contributed by atoms with E-state index in [4.69, 9.17) is 0 Å². The molecule has 4 aromatic rings. The molecule has 0 aliphatic carbocycles. The van der Waals surface area contributed by atoms with Crippen molar-refractivity contribution in [2.24, 2.45) is 0 Å². The molecule has 29 heavy (non-hydrogen) atoms. The van der Waals surface area contributed by atoms with Crippen LogP contribution < -0.4 is 16.4 Å². The second kappa shape index (κ2) is 7.25. The fraction of sp³-hybridized carbons (Fsp3) is 0.250. The summed E-state index contributed by atoms with van der Waals surface area (Å²) in [5.74, 6) is 0.649. The van der Waals surface area contributed by atoms with E-state index in [1.807, 2.05) is 33.8 Å². The van der Waals surface area contributed by atoms with Gasteiger partial charge in [-0.25, -0.2) is 15.0 Å². The summed E-state index contributed by atoms with van der Waals surface area (Å²) in [4.78, 5) is 40.2. The summed E-state index contributed by atoms with van der Waals surface area (Å²) in [5, 5.41) is 1.44. The number of hydrogen-bond acceptors (Lipinski definition) is 7. The van der Waals surface area contributed by atoms with Crippen LogP contribution in [0.2, 0.25) is 0 Å². The minimum absolute atomic E-state index is 0.158. The van der Waals surface area contributed by atoms with Crippen LogP contribution in [-0.2, 0) is 6.54 Å². The van der Waals surface area contributed by atoms with Crippen molar-refractivity contribution in [1.29, 1.82) is 0 Å². The minimum atomic E-state index is -0.312. The van der Waals surface area contributed by atoms with E-state index in [0.717, 1.165) is 21.5 Å². The maximum absolute atomic E-state index is 12.8. The third-order valence-electron chi connectivity index (χ3n) is 4.75. The summed E-state index contributed by atoms with van der Waals surface area (Å²) in [5.41, 5.74) is 7.58. The molecule has 0 saturated heterocycles. The van der Waals surface area contributed by atoms with Gasteiger partial charge in [-0.05, 0) is 45.4 Å². The Kier molecular flexibility index (Phi) is 4.75. The molecule has 0 atom stereocenters. The molecule has 9 heteroatoms. The van der Waals surface area contributed by atoms with E-state index < -0.39 is 0 Å². The van der Waals surface area contributed by atoms with Crippen molar-refractivity contribution in [1.82, 2.24) is 24.9 Å². The molecule has 0 spiro atoms. The number of rotatable bonds is 4. The van der Waals surface area contributed by atoms with Crippen molar-refractivity contribution in [3.05, 3.63) is 56.6 Å². The Hall–Kier alpha value is -3.33. The lowest BCUT2D eigenvalue weighted by Gasteiger charge is -2.13. The third kappa shape index (κ3) is 3.23. The van der Waals surface area contributed by atoms with Crippen LogP contribution in [0, 0.1) is 20.8 Å². The van der Waals surface area contributed by atoms with E-state index in [2.05, 4.69) is 25.8 Å². The number of aryl methyl sites for hydroxylation is 3. The number of carbonyl (C=O) groups excluding carboxylic acids is 1. The lowest BCUT2D eigenvalue weighted by molar-refractivity contribution is 0.0965. The van der Waals surface area contributed by atoms with Crippen molar-refractivity contribution in [2.45, 2.75) is 34.2 Å². The molecule has 1 aromatic carbocycles. The van der Waals surface area contributed by atoms with Crippen LogP contribution >= 0.6 is 11.3 Å². The second-order valence-electron chi connectivity index (χ2n) is 6.67. The van der Waals surface area contributed by atoms with Gasteiger partial charge in [0.05, 0.1) is 15.8 Å². The summed E-state index contributed by atoms with van der Waals surface area (Å²) >= 11 is 1.32. The molecule has 8 nitrogen and oxygen atoms in total. The predicted molar refractivity (Wildman–Crippen MR) is 114 cm³/mol. The lowest BCUT2D eigenvalue weighted by Crippen LogP contribution is -2.34. The third-order valence-corrected chi connectivity index (χ3v) is 5.94. The molecular weight excluding hydrogens is 388 g/mol. The number of nitrogens with one attached hydrogen (secondary N) is 2. The van der Waals surface area contributed by atoms with Gasteiger partial charge in [0, 0.05) is 17.6 Å². The monoisotopic (exact) mass is 408 g/mol. The van der Waals surface area contributed by atoms with Crippen molar-refractivity contribution in [3.63, 3.8) is 0 Å². The van der Waals surface area contributed by atoms with Crippen LogP contribution in [0.4, 0.5) is 5.95 Å². The standard InChI is InChI=1S/C20H20N6O2S/c1-5-26-19(28)13-8-6-7-9-14(13)23-20(26)25-24-17(27)16-10(2)15-11(3)21-12(4)22-18(15)29-16/h6-9H,5H2,1-4H3,(H,23,25)(H,24,27). The fourth-order valence-corrected chi connectivity index (χ4v) is 4.59. The Morgan fingerprint density at radius 1 is 1.14 bits per heavy atom. The quantitative estimate of drug-likeness (QED) is 0.503. The average molecular weight is 408 g/mol. The van der Waals surface area contributed by atoms with Gasteiger partial charge in [-0.15, -0.1) is 11.3 Å². The van der Waals surface area contributed by atoms with Crippen molar-refractivity contribution in [2.75, 3.05) is 5.43 Å². The first-order chi connectivity index (χ1) is 13.9. The zero-order valence-corrected chi connectivity index (χ0v) is 17.3. The fourth-order valence-electron chi connectivity index (χ4n) is 3.42. The highest BCUT2D eigenvalue weighted by Gasteiger charge is 2.19. The first kappa shape index (κ1) is 19.0. The van der Waals surface area contributed by atoms with Gasteiger partial charge in [0.25, 0.3) is 11.5 Å². The first-order valence-electron chi connectivity index (χ1n) is 9.21. The van der Waals surface area contributed by atoms with Crippen LogP contribution in [0.1, 0.15) is 33.7 Å². The number of hydrazine groups is 1. The minimum Gasteiger partial charge on any atom is -0.277 e. The molecule has 0 bridgehead atoms. The molecule has 3 aromatic heterocycles. The topological polar surface area (TPSA) is 102 Å². The van der Waals surface area contributed by atoms with E-state index in [1.165, 1.54) is 15.9 Å². The number of para-hydroxylation sites is 1. The molecule has 148 valence electrons. The number of anilines is 1. The average Bonchev–Trinajstić information content (AvgIpc) is 3.02. The predicted octanol–water partition coefficient (Wildman–Crippen LogP) is 3.10. The van der Waals surface area contributed by atoms with Gasteiger partial charge < -0.3 is 0 Å². The molecule has 0 aliphatic rings. The highest BCUT2D eigenvalue weighted by atomic mass is 32.1. The zero-order valence-electron chi connectivity index (χ0n) is 16.5. The van der Waals surface area contributed by atoms with Gasteiger partial charge >= 0.3 is 0 Å². The van der Waals surface area contributed by atoms with Gasteiger partial charge in [-0.2, -0.15) is 0 Å². The normalized spacial score (nSPS) is 11.2. The molecular formula is C20H20N6O2S. The zero-order chi connectivity index (χ0) is 20.7. The molecule has 0 unspecified atom stereocenters. The maximum atomic E-state index is 12.8. The Morgan fingerprint density at radius 2 is 1.90 bits per heavy atom. The number of thiophene rings is 1. The van der Waals surface area contributed by atoms with Gasteiger partial charge in [0.2, 0.25) is 5.95 Å². The second-order valence-corrected chi connectivity index (χ2v) is 7.67. The molecule has 0 saturated carbocycles. The van der Waals surface area contributed by atoms with E-state index in [-0.39, 0.29) is 17.4 Å². The Morgan fingerprint density at radius 3 is 2.66 bits per heavy atom. The Labute approximate surface area is 170 Å². The Bertz CT molecular complexity index is 1320. The highest BCUT2D eigenvalue weighted by molar-refractivity contribution is 7.20. The number of carbonyl (C=O) groups is 1. The van der Waals surface area contributed by atoms with Crippen molar-refractivity contribution < 1.29 is 4.79 Å². The number of aromatic nitrogens is 4. The number of benzene rings is 1. The van der Waals surface area contributed by atoms with Gasteiger partial charge in [-0.3, -0.25) is 25.0 Å². The van der Waals surface area contributed by atoms with Crippen LogP contribution in [-0.4, -0.2) is 25.4 Å². The summed E-state index contributed by atoms with van der Waals surface area (Å²) in [7, 11) is 0. The molecule has 0 radical (unpaired) electrons. The summed E-state index contributed by atoms with van der Waals surface area (Å²) in [6.45, 7) is 7.90. The van der Waals surface area contributed by atoms with Gasteiger partial charge in [0.15, 0.2) is 0 Å². The number of hydrogen-bond donors (Lipinski definition) is 2. The van der Waals surface area contributed by atoms with Crippen molar-refractivity contribution in [3.8, 4) is 0 Å². The van der Waals surface area contributed by atoms with E-state index in [9.17, 15) is 9.59 Å². The SMILES string of the molecule is CCn1c(NNC(=O)c2sc3nc(C)nc(C)c3c2C)nc2ccccc2c1=O. The van der Waals surface area contributed by atoms with Crippen molar-refractivity contribution >= 4 is 44.3 Å². The van der Waals surface area contributed by atoms with Gasteiger partial charge in [-0.1, -0.05) is 12.1 Å². The smallest absolute Gasteiger partial charge is 0.277 e. The van der Waals surface area contributed by atoms with Crippen LogP contribution in [0.5, 0.6) is 0 Å². The number of nitrogens with zero attached hydrogens (tertiary/aromatic N) is 4. The Balaban J connectivity index is 1.67. The molecule has 0 fully saturated rings.